The zero-order valence-electron chi connectivity index (χ0n) is 64.6. The van der Waals surface area contributed by atoms with Crippen molar-refractivity contribution in [3.63, 3.8) is 0 Å². The summed E-state index contributed by atoms with van der Waals surface area (Å²) in [6.45, 7) is 7.35. The van der Waals surface area contributed by atoms with Crippen LogP contribution >= 0.6 is 15.6 Å². The van der Waals surface area contributed by atoms with E-state index >= 15 is 0 Å². The molecule has 99 heavy (non-hydrogen) atoms. The number of hydrogen-bond donors (Lipinski definition) is 3. The van der Waals surface area contributed by atoms with Gasteiger partial charge in [-0.3, -0.25) is 37.3 Å². The molecule has 0 aromatic heterocycles. The van der Waals surface area contributed by atoms with E-state index in [1.165, 1.54) is 250 Å². The molecule has 0 radical (unpaired) electrons. The zero-order chi connectivity index (χ0) is 72.7. The monoisotopic (exact) mass is 1450 g/mol. The minimum atomic E-state index is -4.96. The van der Waals surface area contributed by atoms with Crippen LogP contribution in [0, 0.1) is 5.92 Å². The molecule has 0 rings (SSSR count). The van der Waals surface area contributed by atoms with Crippen LogP contribution in [-0.4, -0.2) is 96.7 Å². The van der Waals surface area contributed by atoms with Gasteiger partial charge in [-0.2, -0.15) is 0 Å². The zero-order valence-corrected chi connectivity index (χ0v) is 66.4. The maximum absolute atomic E-state index is 13.1. The summed E-state index contributed by atoms with van der Waals surface area (Å²) in [6, 6.07) is 0. The first-order valence-corrected chi connectivity index (χ1v) is 44.6. The quantitative estimate of drug-likeness (QED) is 0.0222. The lowest BCUT2D eigenvalue weighted by Gasteiger charge is -2.21. The van der Waals surface area contributed by atoms with Crippen LogP contribution in [0.25, 0.3) is 0 Å². The Balaban J connectivity index is 5.25. The lowest BCUT2D eigenvalue weighted by Crippen LogP contribution is -2.30. The van der Waals surface area contributed by atoms with E-state index in [0.29, 0.717) is 25.7 Å². The highest BCUT2D eigenvalue weighted by Gasteiger charge is 2.30. The highest BCUT2D eigenvalue weighted by atomic mass is 31.2. The van der Waals surface area contributed by atoms with E-state index in [9.17, 15) is 43.2 Å². The number of aliphatic hydroxyl groups excluding tert-OH is 1. The molecule has 0 aromatic carbocycles. The van der Waals surface area contributed by atoms with Gasteiger partial charge in [0, 0.05) is 25.7 Å². The van der Waals surface area contributed by atoms with Crippen molar-refractivity contribution in [2.45, 2.75) is 445 Å². The molecule has 0 amide bonds. The normalized spacial score (nSPS) is 13.9. The summed E-state index contributed by atoms with van der Waals surface area (Å²) in [4.78, 5) is 73.0. The summed E-state index contributed by atoms with van der Waals surface area (Å²) in [5.41, 5.74) is 0. The van der Waals surface area contributed by atoms with Gasteiger partial charge in [0.15, 0.2) is 12.2 Å². The summed E-state index contributed by atoms with van der Waals surface area (Å²) < 4.78 is 68.7. The second-order valence-electron chi connectivity index (χ2n) is 29.3. The Hall–Kier alpha value is -1.94. The highest BCUT2D eigenvalue weighted by Crippen LogP contribution is 2.45. The number of hydrogen-bond acceptors (Lipinski definition) is 15. The van der Waals surface area contributed by atoms with Crippen LogP contribution < -0.4 is 0 Å². The van der Waals surface area contributed by atoms with E-state index in [1.807, 2.05) is 0 Å². The molecule has 0 aliphatic carbocycles. The van der Waals surface area contributed by atoms with Gasteiger partial charge >= 0.3 is 39.5 Å². The maximum atomic E-state index is 13.1. The largest absolute Gasteiger partial charge is 0.472 e. The third-order valence-electron chi connectivity index (χ3n) is 18.8. The molecular weight excluding hydrogens is 1290 g/mol. The van der Waals surface area contributed by atoms with Gasteiger partial charge < -0.3 is 33.8 Å². The number of phosphoric acid groups is 2. The first-order chi connectivity index (χ1) is 48.0. The number of ether oxygens (including phenoxy) is 4. The number of carbonyl (C=O) groups excluding carboxylic acids is 4. The van der Waals surface area contributed by atoms with Gasteiger partial charge in [-0.15, -0.1) is 0 Å². The van der Waals surface area contributed by atoms with Crippen molar-refractivity contribution < 1.29 is 80.2 Å². The van der Waals surface area contributed by atoms with Crippen LogP contribution in [0.15, 0.2) is 0 Å². The molecule has 0 fully saturated rings. The van der Waals surface area contributed by atoms with Crippen molar-refractivity contribution in [1.82, 2.24) is 0 Å². The molecule has 588 valence electrons. The Morgan fingerprint density at radius 2 is 0.465 bits per heavy atom. The van der Waals surface area contributed by atoms with E-state index in [-0.39, 0.29) is 25.7 Å². The summed E-state index contributed by atoms with van der Waals surface area (Å²) in [6.07, 6.45) is 63.6. The van der Waals surface area contributed by atoms with Crippen LogP contribution in [0.5, 0.6) is 0 Å². The molecule has 5 atom stereocenters. The van der Waals surface area contributed by atoms with E-state index in [0.717, 1.165) is 95.8 Å². The average Bonchev–Trinajstić information content (AvgIpc) is 1.52. The molecule has 0 heterocycles. The van der Waals surface area contributed by atoms with Gasteiger partial charge in [-0.1, -0.05) is 375 Å². The minimum Gasteiger partial charge on any atom is -0.462 e. The molecule has 0 aromatic rings. The van der Waals surface area contributed by atoms with Crippen molar-refractivity contribution >= 4 is 39.5 Å². The summed E-state index contributed by atoms with van der Waals surface area (Å²) in [5.74, 6) is -1.31. The second-order valence-corrected chi connectivity index (χ2v) is 32.2. The fraction of sp³-hybridized carbons (Fsp3) is 0.950. The lowest BCUT2D eigenvalue weighted by atomic mass is 10.0. The molecular formula is C80H156O17P2. The molecule has 2 unspecified atom stereocenters. The van der Waals surface area contributed by atoms with Gasteiger partial charge in [-0.05, 0) is 31.6 Å². The number of unbranched alkanes of at least 4 members (excludes halogenated alkanes) is 52. The second kappa shape index (κ2) is 73.0. The Bertz CT molecular complexity index is 1890. The van der Waals surface area contributed by atoms with Gasteiger partial charge in [-0.25, -0.2) is 9.13 Å². The van der Waals surface area contributed by atoms with E-state index in [2.05, 4.69) is 34.6 Å². The lowest BCUT2D eigenvalue weighted by molar-refractivity contribution is -0.161. The molecule has 0 aliphatic heterocycles. The van der Waals surface area contributed by atoms with Gasteiger partial charge in [0.1, 0.15) is 19.3 Å². The average molecular weight is 1450 g/mol. The van der Waals surface area contributed by atoms with Gasteiger partial charge in [0.25, 0.3) is 0 Å². The Labute approximate surface area is 607 Å². The van der Waals surface area contributed by atoms with Gasteiger partial charge in [0.05, 0.1) is 26.4 Å². The van der Waals surface area contributed by atoms with Crippen LogP contribution in [-0.2, 0) is 65.4 Å². The third-order valence-corrected chi connectivity index (χ3v) is 20.7. The molecule has 19 heteroatoms. The fourth-order valence-electron chi connectivity index (χ4n) is 12.4. The van der Waals surface area contributed by atoms with Crippen molar-refractivity contribution in [3.8, 4) is 0 Å². The Kier molecular flexibility index (Phi) is 71.6. The molecule has 0 saturated carbocycles. The SMILES string of the molecule is CCCCCCCCCCCCCCCCCCCCC(=O)O[C@H](COC(=O)CCCCCCCCCCCCCCCC(C)C)COP(=O)(O)OC[C@@H](O)COP(=O)(O)OC[C@@H](COC(=O)CCCCCCCCCCCCC)OC(=O)CCCCCCCCCCCCCCCC. The van der Waals surface area contributed by atoms with Crippen LogP contribution in [0.3, 0.4) is 0 Å². The Morgan fingerprint density at radius 3 is 0.687 bits per heavy atom. The number of rotatable bonds is 80. The summed E-state index contributed by atoms with van der Waals surface area (Å²) in [5, 5.41) is 10.6. The first-order valence-electron chi connectivity index (χ1n) is 41.6. The first kappa shape index (κ1) is 97.1. The predicted octanol–water partition coefficient (Wildman–Crippen LogP) is 24.0. The topological polar surface area (TPSA) is 237 Å². The van der Waals surface area contributed by atoms with Crippen molar-refractivity contribution in [2.24, 2.45) is 5.92 Å². The van der Waals surface area contributed by atoms with E-state index < -0.39 is 97.5 Å². The van der Waals surface area contributed by atoms with Crippen LogP contribution in [0.4, 0.5) is 0 Å². The third kappa shape index (κ3) is 74.1. The van der Waals surface area contributed by atoms with Crippen LogP contribution in [0.2, 0.25) is 0 Å². The Morgan fingerprint density at radius 1 is 0.273 bits per heavy atom. The molecule has 17 nitrogen and oxygen atoms in total. The van der Waals surface area contributed by atoms with Gasteiger partial charge in [0.2, 0.25) is 0 Å². The van der Waals surface area contributed by atoms with E-state index in [4.69, 9.17) is 37.0 Å². The molecule has 0 saturated heterocycles. The number of carbonyl (C=O) groups is 4. The maximum Gasteiger partial charge on any atom is 0.472 e. The number of phosphoric ester groups is 2. The molecule has 0 spiro atoms. The standard InChI is InChI=1S/C80H156O17P2/c1-6-9-12-15-18-21-24-26-28-29-30-31-35-41-46-51-56-61-66-80(85)97-76(70-91-78(83)64-59-54-49-44-39-36-32-33-38-42-47-52-57-62-73(4)5)72-95-99(88,89)93-68-74(81)67-92-98(86,87)94-71-75(69-90-77(82)63-58-53-48-43-37-23-20-17-14-11-8-3)96-79(84)65-60-55-50-45-40-34-27-25-22-19-16-13-10-7-2/h73-76,81H,6-72H2,1-5H3,(H,86,87)(H,88,89)/t74-,75+,76+/m0/s1. The summed E-state index contributed by atoms with van der Waals surface area (Å²) in [7, 11) is -9.92. The smallest absolute Gasteiger partial charge is 0.462 e. The predicted molar refractivity (Wildman–Crippen MR) is 405 cm³/mol. The molecule has 0 bridgehead atoms. The summed E-state index contributed by atoms with van der Waals surface area (Å²) >= 11 is 0. The molecule has 0 aliphatic rings. The number of esters is 4. The highest BCUT2D eigenvalue weighted by molar-refractivity contribution is 7.47. The number of aliphatic hydroxyl groups is 1. The fourth-order valence-corrected chi connectivity index (χ4v) is 14.0. The van der Waals surface area contributed by atoms with Crippen molar-refractivity contribution in [1.29, 1.82) is 0 Å². The van der Waals surface area contributed by atoms with E-state index in [1.54, 1.807) is 0 Å². The molecule has 3 N–H and O–H groups in total. The van der Waals surface area contributed by atoms with Crippen molar-refractivity contribution in [3.05, 3.63) is 0 Å². The minimum absolute atomic E-state index is 0.109. The van der Waals surface area contributed by atoms with Crippen molar-refractivity contribution in [2.75, 3.05) is 39.6 Å². The van der Waals surface area contributed by atoms with Crippen LogP contribution in [0.1, 0.15) is 426 Å².